The smallest absolute Gasteiger partial charge is 0.0997 e. The highest BCUT2D eigenvalue weighted by Crippen LogP contribution is 2.26. The van der Waals surface area contributed by atoms with Crippen molar-refractivity contribution in [2.24, 2.45) is 0 Å². The molecule has 0 saturated heterocycles. The zero-order valence-corrected chi connectivity index (χ0v) is 12.7. The first-order chi connectivity index (χ1) is 9.29. The molecule has 2 aromatic rings. The van der Waals surface area contributed by atoms with E-state index in [2.05, 4.69) is 49.0 Å². The van der Waals surface area contributed by atoms with Gasteiger partial charge in [-0.15, -0.1) is 0 Å². The molecule has 4 heteroatoms. The van der Waals surface area contributed by atoms with Crippen LogP contribution in [-0.4, -0.2) is 16.6 Å². The summed E-state index contributed by atoms with van der Waals surface area (Å²) >= 11 is 3.66. The summed E-state index contributed by atoms with van der Waals surface area (Å²) in [5, 5.41) is 3.18. The van der Waals surface area contributed by atoms with Crippen molar-refractivity contribution < 1.29 is 0 Å². The van der Waals surface area contributed by atoms with E-state index in [4.69, 9.17) is 0 Å². The van der Waals surface area contributed by atoms with Gasteiger partial charge in [0.2, 0.25) is 0 Å². The Balaban J connectivity index is 1.98. The number of aromatic nitrogens is 2. The SMILES string of the molecule is CNCc1ccc(-n2cnc3c2CCCC3)cc1Br. The lowest BCUT2D eigenvalue weighted by Crippen LogP contribution is -2.08. The van der Waals surface area contributed by atoms with Crippen LogP contribution in [0.2, 0.25) is 0 Å². The van der Waals surface area contributed by atoms with Crippen LogP contribution >= 0.6 is 15.9 Å². The van der Waals surface area contributed by atoms with Crippen molar-refractivity contribution in [2.45, 2.75) is 32.2 Å². The Kier molecular flexibility index (Phi) is 3.71. The van der Waals surface area contributed by atoms with E-state index in [0.29, 0.717) is 0 Å². The van der Waals surface area contributed by atoms with E-state index in [9.17, 15) is 0 Å². The zero-order valence-electron chi connectivity index (χ0n) is 11.1. The average molecular weight is 320 g/mol. The minimum Gasteiger partial charge on any atom is -0.316 e. The molecule has 1 aromatic heterocycles. The van der Waals surface area contributed by atoms with Crippen LogP contribution in [0.3, 0.4) is 0 Å². The molecule has 1 aliphatic carbocycles. The van der Waals surface area contributed by atoms with E-state index in [0.717, 1.165) is 23.9 Å². The molecule has 0 spiro atoms. The number of hydrogen-bond acceptors (Lipinski definition) is 2. The molecule has 0 unspecified atom stereocenters. The lowest BCUT2D eigenvalue weighted by Gasteiger charge is -2.15. The monoisotopic (exact) mass is 319 g/mol. The van der Waals surface area contributed by atoms with Gasteiger partial charge in [0.1, 0.15) is 0 Å². The van der Waals surface area contributed by atoms with Gasteiger partial charge >= 0.3 is 0 Å². The van der Waals surface area contributed by atoms with E-state index in [1.165, 1.54) is 35.5 Å². The molecule has 3 rings (SSSR count). The van der Waals surface area contributed by atoms with Crippen LogP contribution in [0.1, 0.15) is 29.8 Å². The van der Waals surface area contributed by atoms with Gasteiger partial charge in [-0.05, 0) is 50.4 Å². The summed E-state index contributed by atoms with van der Waals surface area (Å²) in [7, 11) is 1.96. The first kappa shape index (κ1) is 12.9. The molecular formula is C15H18BrN3. The molecule has 1 heterocycles. The minimum absolute atomic E-state index is 0.878. The van der Waals surface area contributed by atoms with E-state index in [1.54, 1.807) is 0 Å². The molecule has 19 heavy (non-hydrogen) atoms. The highest BCUT2D eigenvalue weighted by atomic mass is 79.9. The first-order valence-electron chi connectivity index (χ1n) is 6.78. The molecule has 0 aliphatic heterocycles. The molecule has 0 saturated carbocycles. The molecule has 0 fully saturated rings. The Bertz CT molecular complexity index is 589. The van der Waals surface area contributed by atoms with Crippen molar-refractivity contribution >= 4 is 15.9 Å². The molecule has 1 aromatic carbocycles. The molecule has 1 aliphatic rings. The fourth-order valence-corrected chi connectivity index (χ4v) is 3.22. The van der Waals surface area contributed by atoms with Crippen LogP contribution in [-0.2, 0) is 19.4 Å². The van der Waals surface area contributed by atoms with Gasteiger partial charge in [-0.3, -0.25) is 0 Å². The number of rotatable bonds is 3. The number of nitrogens with zero attached hydrogens (tertiary/aromatic N) is 2. The average Bonchev–Trinajstić information content (AvgIpc) is 2.85. The minimum atomic E-state index is 0.878. The van der Waals surface area contributed by atoms with Crippen LogP contribution in [0.4, 0.5) is 0 Å². The van der Waals surface area contributed by atoms with Gasteiger partial charge < -0.3 is 9.88 Å². The number of halogens is 1. The van der Waals surface area contributed by atoms with E-state index in [1.807, 2.05) is 13.4 Å². The van der Waals surface area contributed by atoms with Gasteiger partial charge in [-0.25, -0.2) is 4.98 Å². The molecule has 0 atom stereocenters. The molecule has 0 radical (unpaired) electrons. The van der Waals surface area contributed by atoms with Crippen molar-refractivity contribution in [3.63, 3.8) is 0 Å². The summed E-state index contributed by atoms with van der Waals surface area (Å²) in [6.45, 7) is 0.878. The number of benzene rings is 1. The Morgan fingerprint density at radius 3 is 2.95 bits per heavy atom. The molecule has 1 N–H and O–H groups in total. The van der Waals surface area contributed by atoms with E-state index >= 15 is 0 Å². The fourth-order valence-electron chi connectivity index (χ4n) is 2.71. The second-order valence-electron chi connectivity index (χ2n) is 5.02. The van der Waals surface area contributed by atoms with Gasteiger partial charge in [0.25, 0.3) is 0 Å². The summed E-state index contributed by atoms with van der Waals surface area (Å²) in [5.74, 6) is 0. The zero-order chi connectivity index (χ0) is 13.2. The number of aryl methyl sites for hydroxylation is 1. The van der Waals surface area contributed by atoms with Gasteiger partial charge in [0.05, 0.1) is 12.0 Å². The highest BCUT2D eigenvalue weighted by molar-refractivity contribution is 9.10. The summed E-state index contributed by atoms with van der Waals surface area (Å²) in [4.78, 5) is 4.56. The third-order valence-corrected chi connectivity index (χ3v) is 4.45. The van der Waals surface area contributed by atoms with Gasteiger partial charge in [0.15, 0.2) is 0 Å². The lowest BCUT2D eigenvalue weighted by molar-refractivity contribution is 0.656. The van der Waals surface area contributed by atoms with Crippen LogP contribution in [0.25, 0.3) is 5.69 Å². The van der Waals surface area contributed by atoms with Gasteiger partial charge in [-0.1, -0.05) is 22.0 Å². The number of nitrogens with one attached hydrogen (secondary N) is 1. The molecule has 3 nitrogen and oxygen atoms in total. The van der Waals surface area contributed by atoms with Gasteiger partial charge in [0, 0.05) is 22.4 Å². The maximum Gasteiger partial charge on any atom is 0.0997 e. The van der Waals surface area contributed by atoms with Crippen LogP contribution in [0.15, 0.2) is 29.0 Å². The predicted octanol–water partition coefficient (Wildman–Crippen LogP) is 3.23. The fraction of sp³-hybridized carbons (Fsp3) is 0.400. The first-order valence-corrected chi connectivity index (χ1v) is 7.57. The maximum absolute atomic E-state index is 4.56. The number of hydrogen-bond donors (Lipinski definition) is 1. The summed E-state index contributed by atoms with van der Waals surface area (Å²) in [6.07, 6.45) is 6.79. The predicted molar refractivity (Wildman–Crippen MR) is 80.7 cm³/mol. The van der Waals surface area contributed by atoms with Crippen LogP contribution in [0.5, 0.6) is 0 Å². The van der Waals surface area contributed by atoms with Crippen molar-refractivity contribution in [3.05, 3.63) is 46.0 Å². The Morgan fingerprint density at radius 1 is 1.32 bits per heavy atom. The molecule has 0 bridgehead atoms. The van der Waals surface area contributed by atoms with Crippen molar-refractivity contribution in [2.75, 3.05) is 7.05 Å². The maximum atomic E-state index is 4.56. The van der Waals surface area contributed by atoms with Crippen LogP contribution < -0.4 is 5.32 Å². The second-order valence-corrected chi connectivity index (χ2v) is 5.88. The number of imidazole rings is 1. The quantitative estimate of drug-likeness (QED) is 0.941. The summed E-state index contributed by atoms with van der Waals surface area (Å²) in [5.41, 5.74) is 5.14. The Hall–Kier alpha value is -1.13. The molecule has 100 valence electrons. The van der Waals surface area contributed by atoms with Crippen molar-refractivity contribution in [1.82, 2.24) is 14.9 Å². The van der Waals surface area contributed by atoms with E-state index < -0.39 is 0 Å². The molecular weight excluding hydrogens is 302 g/mol. The number of fused-ring (bicyclic) bond motifs is 1. The lowest BCUT2D eigenvalue weighted by atomic mass is 10.0. The third kappa shape index (κ3) is 2.47. The highest BCUT2D eigenvalue weighted by Gasteiger charge is 2.16. The van der Waals surface area contributed by atoms with Gasteiger partial charge in [-0.2, -0.15) is 0 Å². The Morgan fingerprint density at radius 2 is 2.16 bits per heavy atom. The summed E-state index contributed by atoms with van der Waals surface area (Å²) < 4.78 is 3.39. The summed E-state index contributed by atoms with van der Waals surface area (Å²) in [6, 6.07) is 6.53. The molecule has 0 amide bonds. The topological polar surface area (TPSA) is 29.9 Å². The largest absolute Gasteiger partial charge is 0.316 e. The standard InChI is InChI=1S/C15H18BrN3/c1-17-9-11-6-7-12(8-13(11)16)19-10-18-14-4-2-3-5-15(14)19/h6-8,10,17H,2-5,9H2,1H3. The van der Waals surface area contributed by atoms with Crippen molar-refractivity contribution in [3.8, 4) is 5.69 Å². The van der Waals surface area contributed by atoms with Crippen molar-refractivity contribution in [1.29, 1.82) is 0 Å². The van der Waals surface area contributed by atoms with Crippen LogP contribution in [0, 0.1) is 0 Å². The normalized spacial score (nSPS) is 14.4. The third-order valence-electron chi connectivity index (χ3n) is 3.71. The Labute approximate surface area is 122 Å². The second kappa shape index (κ2) is 5.47. The van der Waals surface area contributed by atoms with E-state index in [-0.39, 0.29) is 0 Å².